The van der Waals surface area contributed by atoms with Gasteiger partial charge < -0.3 is 9.15 Å². The number of nitrogens with zero attached hydrogens (tertiary/aromatic N) is 1. The minimum Gasteiger partial charge on any atom is -0.497 e. The average molecular weight is 353 g/mol. The summed E-state index contributed by atoms with van der Waals surface area (Å²) in [6.45, 7) is 0. The van der Waals surface area contributed by atoms with Gasteiger partial charge >= 0.3 is 0 Å². The predicted octanol–water partition coefficient (Wildman–Crippen LogP) is 6.19. The van der Waals surface area contributed by atoms with Crippen molar-refractivity contribution >= 4 is 12.2 Å². The number of hydrogen-bond acceptors (Lipinski definition) is 3. The van der Waals surface area contributed by atoms with Crippen LogP contribution in [0.3, 0.4) is 0 Å². The zero-order valence-corrected chi connectivity index (χ0v) is 15.0. The summed E-state index contributed by atoms with van der Waals surface area (Å²) in [4.78, 5) is 4.41. The quantitative estimate of drug-likeness (QED) is 0.401. The van der Waals surface area contributed by atoms with Gasteiger partial charge in [-0.2, -0.15) is 0 Å². The summed E-state index contributed by atoms with van der Waals surface area (Å²) in [6, 6.07) is 26.1. The highest BCUT2D eigenvalue weighted by Crippen LogP contribution is 2.27. The van der Waals surface area contributed by atoms with E-state index in [1.54, 1.807) is 13.3 Å². The molecule has 132 valence electrons. The fourth-order valence-corrected chi connectivity index (χ4v) is 2.79. The number of methoxy groups -OCH3 is 1. The fraction of sp³-hybridized carbons (Fsp3) is 0.0417. The van der Waals surface area contributed by atoms with Crippen molar-refractivity contribution < 1.29 is 9.15 Å². The van der Waals surface area contributed by atoms with Gasteiger partial charge in [-0.3, -0.25) is 0 Å². The van der Waals surface area contributed by atoms with Gasteiger partial charge in [0.15, 0.2) is 5.76 Å². The van der Waals surface area contributed by atoms with E-state index in [9.17, 15) is 0 Å². The lowest BCUT2D eigenvalue weighted by Crippen LogP contribution is -1.81. The first-order valence-electron chi connectivity index (χ1n) is 8.76. The summed E-state index contributed by atoms with van der Waals surface area (Å²) >= 11 is 0. The summed E-state index contributed by atoms with van der Waals surface area (Å²) in [7, 11) is 1.65. The molecule has 4 aromatic rings. The summed E-state index contributed by atoms with van der Waals surface area (Å²) in [6.07, 6.45) is 5.94. The van der Waals surface area contributed by atoms with Crippen LogP contribution >= 0.6 is 0 Å². The lowest BCUT2D eigenvalue weighted by molar-refractivity contribution is 0.415. The van der Waals surface area contributed by atoms with Crippen molar-refractivity contribution in [3.05, 3.63) is 96.2 Å². The molecule has 0 atom stereocenters. The predicted molar refractivity (Wildman–Crippen MR) is 109 cm³/mol. The van der Waals surface area contributed by atoms with Crippen LogP contribution in [0, 0.1) is 0 Å². The van der Waals surface area contributed by atoms with E-state index >= 15 is 0 Å². The first-order valence-corrected chi connectivity index (χ1v) is 8.76. The summed E-state index contributed by atoms with van der Waals surface area (Å²) in [5, 5.41) is 0. The second kappa shape index (κ2) is 7.75. The van der Waals surface area contributed by atoms with Crippen LogP contribution in [0.15, 0.2) is 89.5 Å². The maximum absolute atomic E-state index is 5.93. The highest BCUT2D eigenvalue weighted by molar-refractivity contribution is 5.71. The van der Waals surface area contributed by atoms with Gasteiger partial charge in [0.2, 0.25) is 5.89 Å². The van der Waals surface area contributed by atoms with E-state index in [1.165, 1.54) is 5.56 Å². The van der Waals surface area contributed by atoms with Crippen LogP contribution in [0.4, 0.5) is 0 Å². The van der Waals surface area contributed by atoms with Crippen LogP contribution in [0.5, 0.6) is 5.75 Å². The Morgan fingerprint density at radius 2 is 1.37 bits per heavy atom. The van der Waals surface area contributed by atoms with Crippen LogP contribution in [0.25, 0.3) is 34.9 Å². The van der Waals surface area contributed by atoms with Crippen LogP contribution in [-0.2, 0) is 0 Å². The summed E-state index contributed by atoms with van der Waals surface area (Å²) in [5.74, 6) is 2.16. The van der Waals surface area contributed by atoms with E-state index in [2.05, 4.69) is 41.4 Å². The molecule has 3 nitrogen and oxygen atoms in total. The number of ether oxygens (including phenoxy) is 1. The van der Waals surface area contributed by atoms with Crippen molar-refractivity contribution in [3.63, 3.8) is 0 Å². The van der Waals surface area contributed by atoms with E-state index in [1.807, 2.05) is 54.6 Å². The normalized spacial score (nSPS) is 11.0. The largest absolute Gasteiger partial charge is 0.497 e. The number of rotatable bonds is 5. The second-order valence-corrected chi connectivity index (χ2v) is 6.12. The maximum Gasteiger partial charge on any atom is 0.226 e. The zero-order chi connectivity index (χ0) is 18.5. The Balaban J connectivity index is 1.50. The van der Waals surface area contributed by atoms with Gasteiger partial charge in [-0.1, -0.05) is 54.6 Å². The summed E-state index contributed by atoms with van der Waals surface area (Å²) in [5.41, 5.74) is 4.23. The molecule has 0 saturated heterocycles. The summed E-state index contributed by atoms with van der Waals surface area (Å²) < 4.78 is 11.1. The molecule has 1 heterocycles. The minimum absolute atomic E-state index is 0.611. The van der Waals surface area contributed by atoms with Crippen molar-refractivity contribution in [2.24, 2.45) is 0 Å². The lowest BCUT2D eigenvalue weighted by atomic mass is 10.1. The number of aromatic nitrogens is 1. The molecule has 0 N–H and O–H groups in total. The molecule has 0 bridgehead atoms. The van der Waals surface area contributed by atoms with Crippen molar-refractivity contribution in [3.8, 4) is 28.5 Å². The average Bonchev–Trinajstić information content (AvgIpc) is 3.24. The Bertz CT molecular complexity index is 1030. The molecule has 0 spiro atoms. The van der Waals surface area contributed by atoms with Crippen LogP contribution in [0.1, 0.15) is 11.1 Å². The minimum atomic E-state index is 0.611. The molecule has 3 heteroatoms. The van der Waals surface area contributed by atoms with Gasteiger partial charge in [-0.15, -0.1) is 0 Å². The van der Waals surface area contributed by atoms with Crippen molar-refractivity contribution in [1.82, 2.24) is 4.98 Å². The molecule has 0 aliphatic rings. The number of oxazole rings is 1. The van der Waals surface area contributed by atoms with Gasteiger partial charge in [0.25, 0.3) is 0 Å². The maximum atomic E-state index is 5.93. The molecule has 0 unspecified atom stereocenters. The van der Waals surface area contributed by atoms with E-state index in [-0.39, 0.29) is 0 Å². The highest BCUT2D eigenvalue weighted by atomic mass is 16.5. The Hall–Kier alpha value is -3.59. The molecule has 0 radical (unpaired) electrons. The molecule has 1 aromatic heterocycles. The lowest BCUT2D eigenvalue weighted by Gasteiger charge is -2.00. The second-order valence-electron chi connectivity index (χ2n) is 6.12. The molecule has 0 fully saturated rings. The zero-order valence-electron chi connectivity index (χ0n) is 15.0. The van der Waals surface area contributed by atoms with Gasteiger partial charge in [0.1, 0.15) is 5.75 Å². The standard InChI is InChI=1S/C24H19NO2/c1-26-22-15-13-20(14-16-22)23-17-25-24(27-23)21-11-9-19(10-12-21)8-7-18-5-3-2-4-6-18/h2-17H,1H3. The van der Waals surface area contributed by atoms with E-state index < -0.39 is 0 Å². The van der Waals surface area contributed by atoms with Gasteiger partial charge in [0.05, 0.1) is 13.3 Å². The highest BCUT2D eigenvalue weighted by Gasteiger charge is 2.08. The molecule has 0 amide bonds. The Morgan fingerprint density at radius 3 is 2.04 bits per heavy atom. The van der Waals surface area contributed by atoms with Gasteiger partial charge in [-0.25, -0.2) is 4.98 Å². The molecule has 4 rings (SSSR count). The topological polar surface area (TPSA) is 35.3 Å². The fourth-order valence-electron chi connectivity index (χ4n) is 2.79. The third kappa shape index (κ3) is 3.98. The van der Waals surface area contributed by atoms with Crippen molar-refractivity contribution in [2.45, 2.75) is 0 Å². The van der Waals surface area contributed by atoms with E-state index in [0.29, 0.717) is 5.89 Å². The van der Waals surface area contributed by atoms with E-state index in [4.69, 9.17) is 9.15 Å². The first-order chi connectivity index (χ1) is 13.3. The smallest absolute Gasteiger partial charge is 0.226 e. The molecule has 0 aliphatic heterocycles. The van der Waals surface area contributed by atoms with E-state index in [0.717, 1.165) is 28.2 Å². The molecular formula is C24H19NO2. The van der Waals surface area contributed by atoms with Crippen molar-refractivity contribution in [2.75, 3.05) is 7.11 Å². The van der Waals surface area contributed by atoms with Crippen LogP contribution in [-0.4, -0.2) is 12.1 Å². The molecule has 3 aromatic carbocycles. The number of hydrogen-bond donors (Lipinski definition) is 0. The monoisotopic (exact) mass is 353 g/mol. The molecule has 0 aliphatic carbocycles. The third-order valence-corrected chi connectivity index (χ3v) is 4.31. The molecule has 27 heavy (non-hydrogen) atoms. The van der Waals surface area contributed by atoms with Crippen LogP contribution in [0.2, 0.25) is 0 Å². The third-order valence-electron chi connectivity index (χ3n) is 4.31. The first kappa shape index (κ1) is 16.9. The van der Waals surface area contributed by atoms with Crippen LogP contribution < -0.4 is 4.74 Å². The van der Waals surface area contributed by atoms with Crippen molar-refractivity contribution in [1.29, 1.82) is 0 Å². The molecular weight excluding hydrogens is 334 g/mol. The Labute approximate surface area is 158 Å². The SMILES string of the molecule is COc1ccc(-c2cnc(-c3ccc(C=Cc4ccccc4)cc3)o2)cc1. The van der Waals surface area contributed by atoms with Gasteiger partial charge in [-0.05, 0) is 47.5 Å². The molecule has 0 saturated carbocycles. The Morgan fingerprint density at radius 1 is 0.741 bits per heavy atom. The van der Waals surface area contributed by atoms with Gasteiger partial charge in [0, 0.05) is 11.1 Å². The Kier molecular flexibility index (Phi) is 4.84. The number of benzene rings is 3.